The minimum absolute atomic E-state index is 0.0857. The molecule has 0 heterocycles. The minimum Gasteiger partial charge on any atom is -0.374 e. The second kappa shape index (κ2) is 9.45. The summed E-state index contributed by atoms with van der Waals surface area (Å²) in [5.41, 5.74) is 1.18. The maximum atomic E-state index is 6.25. The maximum absolute atomic E-state index is 6.25. The van der Waals surface area contributed by atoms with E-state index >= 15 is 0 Å². The first-order valence-electron chi connectivity index (χ1n) is 9.07. The van der Waals surface area contributed by atoms with Gasteiger partial charge in [-0.3, -0.25) is 0 Å². The first kappa shape index (κ1) is 20.1. The highest BCUT2D eigenvalue weighted by atomic mass is 28.4. The van der Waals surface area contributed by atoms with Crippen LogP contribution in [0.2, 0.25) is 0 Å². The molecule has 0 spiro atoms. The Morgan fingerprint density at radius 2 is 1.52 bits per heavy atom. The average molecular weight is 363 g/mol. The SMILES string of the molecule is CCO[Si](Cc1cccc2ccccc12)(OCC)OC(C)OC(C)C. The van der Waals surface area contributed by atoms with Crippen molar-refractivity contribution in [3.63, 3.8) is 0 Å². The van der Waals surface area contributed by atoms with Crippen LogP contribution in [0, 0.1) is 0 Å². The lowest BCUT2D eigenvalue weighted by atomic mass is 10.1. The van der Waals surface area contributed by atoms with E-state index in [1.165, 1.54) is 16.3 Å². The van der Waals surface area contributed by atoms with Crippen molar-refractivity contribution < 1.29 is 18.0 Å². The standard InChI is InChI=1S/C20H30O4Si/c1-6-21-25(22-7-2,24-17(5)23-16(3)4)15-19-13-10-12-18-11-8-9-14-20(18)19/h8-14,16-17H,6-7,15H2,1-5H3. The molecule has 0 aliphatic heterocycles. The molecule has 0 bridgehead atoms. The van der Waals surface area contributed by atoms with Crippen molar-refractivity contribution in [2.24, 2.45) is 0 Å². The molecule has 0 amide bonds. The Morgan fingerprint density at radius 3 is 2.16 bits per heavy atom. The normalized spacial score (nSPS) is 13.5. The molecule has 1 atom stereocenters. The molecule has 2 rings (SSSR count). The number of hydrogen-bond donors (Lipinski definition) is 0. The molecule has 0 radical (unpaired) electrons. The van der Waals surface area contributed by atoms with Gasteiger partial charge in [0.2, 0.25) is 0 Å². The van der Waals surface area contributed by atoms with Crippen molar-refractivity contribution in [1.82, 2.24) is 0 Å². The molecule has 0 aromatic heterocycles. The van der Waals surface area contributed by atoms with E-state index in [9.17, 15) is 0 Å². The highest BCUT2D eigenvalue weighted by molar-refractivity contribution is 6.60. The number of fused-ring (bicyclic) bond motifs is 1. The lowest BCUT2D eigenvalue weighted by Gasteiger charge is -2.32. The van der Waals surface area contributed by atoms with Gasteiger partial charge in [0.25, 0.3) is 0 Å². The molecule has 0 N–H and O–H groups in total. The topological polar surface area (TPSA) is 36.9 Å². The summed E-state index contributed by atoms with van der Waals surface area (Å²) >= 11 is 0. The van der Waals surface area contributed by atoms with Crippen molar-refractivity contribution in [2.75, 3.05) is 13.2 Å². The Balaban J connectivity index is 2.33. The van der Waals surface area contributed by atoms with Gasteiger partial charge >= 0.3 is 8.80 Å². The summed E-state index contributed by atoms with van der Waals surface area (Å²) in [5.74, 6) is 0. The van der Waals surface area contributed by atoms with E-state index in [0.717, 1.165) is 0 Å². The monoisotopic (exact) mass is 362 g/mol. The lowest BCUT2D eigenvalue weighted by Crippen LogP contribution is -2.51. The molecule has 0 aliphatic rings. The molecule has 1 unspecified atom stereocenters. The number of hydrogen-bond acceptors (Lipinski definition) is 4. The van der Waals surface area contributed by atoms with Crippen LogP contribution in [0.5, 0.6) is 0 Å². The van der Waals surface area contributed by atoms with E-state index < -0.39 is 8.80 Å². The van der Waals surface area contributed by atoms with Gasteiger partial charge in [0, 0.05) is 19.3 Å². The van der Waals surface area contributed by atoms with Crippen LogP contribution in [0.15, 0.2) is 42.5 Å². The largest absolute Gasteiger partial charge is 0.507 e. The summed E-state index contributed by atoms with van der Waals surface area (Å²) in [6.45, 7) is 10.9. The zero-order valence-corrected chi connectivity index (χ0v) is 17.0. The predicted molar refractivity (Wildman–Crippen MR) is 103 cm³/mol. The number of rotatable bonds is 10. The van der Waals surface area contributed by atoms with E-state index in [4.69, 9.17) is 18.0 Å². The second-order valence-corrected chi connectivity index (χ2v) is 8.77. The smallest absolute Gasteiger partial charge is 0.374 e. The molecular weight excluding hydrogens is 332 g/mol. The predicted octanol–water partition coefficient (Wildman–Crippen LogP) is 4.72. The van der Waals surface area contributed by atoms with Crippen LogP contribution in [0.25, 0.3) is 10.8 Å². The fourth-order valence-corrected chi connectivity index (χ4v) is 5.76. The summed E-state index contributed by atoms with van der Waals surface area (Å²) in [7, 11) is -2.91. The van der Waals surface area contributed by atoms with Crippen molar-refractivity contribution in [2.45, 2.75) is 53.1 Å². The van der Waals surface area contributed by atoms with E-state index in [2.05, 4.69) is 42.5 Å². The zero-order valence-electron chi connectivity index (χ0n) is 16.0. The molecule has 138 valence electrons. The fourth-order valence-electron chi connectivity index (χ4n) is 3.04. The van der Waals surface area contributed by atoms with Crippen molar-refractivity contribution in [3.05, 3.63) is 48.0 Å². The van der Waals surface area contributed by atoms with Crippen LogP contribution in [-0.4, -0.2) is 34.4 Å². The van der Waals surface area contributed by atoms with Crippen LogP contribution in [0.4, 0.5) is 0 Å². The summed E-state index contributed by atoms with van der Waals surface area (Å²) in [6.07, 6.45) is -0.290. The average Bonchev–Trinajstić information content (AvgIpc) is 2.55. The summed E-state index contributed by atoms with van der Waals surface area (Å²) in [6, 6.07) is 15.3. The molecule has 2 aromatic carbocycles. The van der Waals surface area contributed by atoms with Crippen LogP contribution < -0.4 is 0 Å². The minimum atomic E-state index is -2.91. The highest BCUT2D eigenvalue weighted by Crippen LogP contribution is 2.25. The van der Waals surface area contributed by atoms with E-state index in [1.54, 1.807) is 0 Å². The quantitative estimate of drug-likeness (QED) is 0.453. The molecule has 0 saturated carbocycles. The molecule has 2 aromatic rings. The molecule has 25 heavy (non-hydrogen) atoms. The lowest BCUT2D eigenvalue weighted by molar-refractivity contribution is -0.129. The van der Waals surface area contributed by atoms with E-state index in [-0.39, 0.29) is 12.4 Å². The van der Waals surface area contributed by atoms with Crippen molar-refractivity contribution >= 4 is 19.6 Å². The highest BCUT2D eigenvalue weighted by Gasteiger charge is 2.43. The third-order valence-electron chi connectivity index (χ3n) is 3.82. The van der Waals surface area contributed by atoms with Gasteiger partial charge in [0.1, 0.15) is 6.29 Å². The molecule has 0 fully saturated rings. The molecular formula is C20H30O4Si. The Bertz CT molecular complexity index is 648. The van der Waals surface area contributed by atoms with Gasteiger partial charge in [-0.15, -0.1) is 0 Å². The Morgan fingerprint density at radius 1 is 0.880 bits per heavy atom. The Labute approximate surface area is 152 Å². The van der Waals surface area contributed by atoms with Crippen LogP contribution >= 0.6 is 0 Å². The van der Waals surface area contributed by atoms with Gasteiger partial charge in [0.05, 0.1) is 6.10 Å². The summed E-state index contributed by atoms with van der Waals surface area (Å²) in [5, 5.41) is 2.42. The summed E-state index contributed by atoms with van der Waals surface area (Å²) in [4.78, 5) is 0. The number of ether oxygens (including phenoxy) is 1. The van der Waals surface area contributed by atoms with Gasteiger partial charge < -0.3 is 18.0 Å². The van der Waals surface area contributed by atoms with Crippen LogP contribution in [0.1, 0.15) is 40.2 Å². The van der Waals surface area contributed by atoms with Crippen LogP contribution in [-0.2, 0) is 24.1 Å². The van der Waals surface area contributed by atoms with Gasteiger partial charge in [-0.1, -0.05) is 42.5 Å². The van der Waals surface area contributed by atoms with Crippen molar-refractivity contribution in [3.8, 4) is 0 Å². The first-order valence-corrected chi connectivity index (χ1v) is 11.0. The van der Waals surface area contributed by atoms with E-state index in [1.807, 2.05) is 34.6 Å². The molecule has 0 saturated heterocycles. The maximum Gasteiger partial charge on any atom is 0.507 e. The molecule has 0 aliphatic carbocycles. The second-order valence-electron chi connectivity index (χ2n) is 6.23. The van der Waals surface area contributed by atoms with Gasteiger partial charge in [-0.2, -0.15) is 0 Å². The Kier molecular flexibility index (Phi) is 7.59. The third-order valence-corrected chi connectivity index (χ3v) is 6.79. The fraction of sp³-hybridized carbons (Fsp3) is 0.500. The Hall–Kier alpha value is -1.24. The van der Waals surface area contributed by atoms with E-state index in [0.29, 0.717) is 19.3 Å². The number of benzene rings is 2. The van der Waals surface area contributed by atoms with Gasteiger partial charge in [0.15, 0.2) is 0 Å². The van der Waals surface area contributed by atoms with Crippen LogP contribution in [0.3, 0.4) is 0 Å². The zero-order chi connectivity index (χ0) is 18.3. The molecule has 5 heteroatoms. The summed E-state index contributed by atoms with van der Waals surface area (Å²) < 4.78 is 24.2. The molecule has 4 nitrogen and oxygen atoms in total. The van der Waals surface area contributed by atoms with Gasteiger partial charge in [-0.05, 0) is 51.0 Å². The third kappa shape index (κ3) is 5.62. The van der Waals surface area contributed by atoms with Gasteiger partial charge in [-0.25, -0.2) is 0 Å². The van der Waals surface area contributed by atoms with Crippen molar-refractivity contribution in [1.29, 1.82) is 0 Å². The first-order chi connectivity index (χ1) is 12.0.